The molecular weight excluding hydrogens is 288 g/mol. The molecule has 0 saturated heterocycles. The lowest BCUT2D eigenvalue weighted by atomic mass is 10.3. The van der Waals surface area contributed by atoms with Crippen LogP contribution in [0.5, 0.6) is 0 Å². The Kier molecular flexibility index (Phi) is 4.41. The van der Waals surface area contributed by atoms with E-state index in [1.807, 2.05) is 0 Å². The van der Waals surface area contributed by atoms with Gasteiger partial charge >= 0.3 is 10.2 Å². The summed E-state index contributed by atoms with van der Waals surface area (Å²) >= 11 is 0. The predicted octanol–water partition coefficient (Wildman–Crippen LogP) is 1.17. The molecule has 0 saturated carbocycles. The zero-order chi connectivity index (χ0) is 14.0. The van der Waals surface area contributed by atoms with Crippen LogP contribution in [0.15, 0.2) is 28.0 Å². The van der Waals surface area contributed by atoms with Crippen molar-refractivity contribution in [1.82, 2.24) is 4.72 Å². The van der Waals surface area contributed by atoms with Crippen LogP contribution in [0.1, 0.15) is 13.3 Å². The van der Waals surface area contributed by atoms with Gasteiger partial charge in [0.25, 0.3) is 0 Å². The third kappa shape index (κ3) is 3.47. The van der Waals surface area contributed by atoms with E-state index in [-0.39, 0.29) is 6.54 Å². The fourth-order valence-electron chi connectivity index (χ4n) is 1.17. The molecule has 0 aliphatic heterocycles. The van der Waals surface area contributed by atoms with Gasteiger partial charge in [0.2, 0.25) is 10.0 Å². The largest absolute Gasteiger partial charge is 0.332 e. The van der Waals surface area contributed by atoms with Crippen LogP contribution >= 0.6 is 0 Å². The summed E-state index contributed by atoms with van der Waals surface area (Å²) in [5, 5.41) is 0. The standard InChI is InChI=1S/C9H11F2NO4S2/c1-2-5-12-18(15,16)9-4-3-7(6-8(9)10)17(11,13)14/h3-4,6,12H,2,5H2,1H3. The van der Waals surface area contributed by atoms with Crippen molar-refractivity contribution in [3.05, 3.63) is 24.0 Å². The van der Waals surface area contributed by atoms with Crippen molar-refractivity contribution < 1.29 is 25.1 Å². The molecule has 1 aromatic carbocycles. The number of nitrogens with one attached hydrogen (secondary N) is 1. The number of hydrogen-bond acceptors (Lipinski definition) is 4. The van der Waals surface area contributed by atoms with Crippen LogP contribution in [0.25, 0.3) is 0 Å². The molecule has 18 heavy (non-hydrogen) atoms. The fourth-order valence-corrected chi connectivity index (χ4v) is 2.83. The molecular formula is C9H11F2NO4S2. The highest BCUT2D eigenvalue weighted by molar-refractivity contribution is 7.89. The summed E-state index contributed by atoms with van der Waals surface area (Å²) in [4.78, 5) is -1.64. The Labute approximate surface area is 104 Å². The topological polar surface area (TPSA) is 80.3 Å². The predicted molar refractivity (Wildman–Crippen MR) is 60.2 cm³/mol. The van der Waals surface area contributed by atoms with Gasteiger partial charge in [0.15, 0.2) is 0 Å². The maximum absolute atomic E-state index is 13.5. The SMILES string of the molecule is CCCNS(=O)(=O)c1ccc(S(=O)(=O)F)cc1F. The summed E-state index contributed by atoms with van der Waals surface area (Å²) in [6, 6.07) is 1.73. The highest BCUT2D eigenvalue weighted by atomic mass is 32.3. The lowest BCUT2D eigenvalue weighted by Gasteiger charge is -2.07. The van der Waals surface area contributed by atoms with E-state index in [2.05, 4.69) is 4.72 Å². The summed E-state index contributed by atoms with van der Waals surface area (Å²) in [6.07, 6.45) is 0.512. The summed E-state index contributed by atoms with van der Waals surface area (Å²) < 4.78 is 72.3. The quantitative estimate of drug-likeness (QED) is 0.828. The van der Waals surface area contributed by atoms with Crippen LogP contribution in [0.3, 0.4) is 0 Å². The van der Waals surface area contributed by atoms with Gasteiger partial charge in [-0.15, -0.1) is 3.89 Å². The number of hydrogen-bond donors (Lipinski definition) is 1. The Hall–Kier alpha value is -1.06. The van der Waals surface area contributed by atoms with Crippen LogP contribution < -0.4 is 4.72 Å². The molecule has 0 radical (unpaired) electrons. The fraction of sp³-hybridized carbons (Fsp3) is 0.333. The van der Waals surface area contributed by atoms with Crippen LogP contribution in [0.4, 0.5) is 8.28 Å². The van der Waals surface area contributed by atoms with Gasteiger partial charge in [0, 0.05) is 6.54 Å². The van der Waals surface area contributed by atoms with Gasteiger partial charge in [-0.3, -0.25) is 0 Å². The molecule has 1 N–H and O–H groups in total. The Bertz CT molecular complexity index is 641. The highest BCUT2D eigenvalue weighted by Gasteiger charge is 2.21. The van der Waals surface area contributed by atoms with Crippen molar-refractivity contribution in [2.75, 3.05) is 6.54 Å². The number of rotatable bonds is 5. The van der Waals surface area contributed by atoms with Crippen LogP contribution in [0, 0.1) is 5.82 Å². The number of sulfonamides is 1. The molecule has 0 unspecified atom stereocenters. The minimum atomic E-state index is -5.06. The third-order valence-corrected chi connectivity index (χ3v) is 4.33. The van der Waals surface area contributed by atoms with E-state index in [1.165, 1.54) is 0 Å². The minimum absolute atomic E-state index is 0.116. The van der Waals surface area contributed by atoms with Gasteiger partial charge in [0.05, 0.1) is 0 Å². The second kappa shape index (κ2) is 5.29. The van der Waals surface area contributed by atoms with Crippen molar-refractivity contribution in [2.45, 2.75) is 23.1 Å². The first-order chi connectivity index (χ1) is 8.18. The van der Waals surface area contributed by atoms with E-state index in [4.69, 9.17) is 0 Å². The molecule has 0 heterocycles. The average Bonchev–Trinajstić information content (AvgIpc) is 2.24. The van der Waals surface area contributed by atoms with E-state index in [0.29, 0.717) is 24.6 Å². The van der Waals surface area contributed by atoms with E-state index in [9.17, 15) is 25.1 Å². The molecule has 0 aliphatic rings. The molecule has 0 fully saturated rings. The molecule has 5 nitrogen and oxygen atoms in total. The Morgan fingerprint density at radius 3 is 2.28 bits per heavy atom. The number of benzene rings is 1. The van der Waals surface area contributed by atoms with Gasteiger partial charge in [0.1, 0.15) is 15.6 Å². The summed E-state index contributed by atoms with van der Waals surface area (Å²) in [6.45, 7) is 1.84. The molecule has 9 heteroatoms. The van der Waals surface area contributed by atoms with Gasteiger partial charge in [-0.2, -0.15) is 8.42 Å². The Morgan fingerprint density at radius 1 is 1.22 bits per heavy atom. The van der Waals surface area contributed by atoms with Gasteiger partial charge in [-0.25, -0.2) is 17.5 Å². The monoisotopic (exact) mass is 299 g/mol. The maximum atomic E-state index is 13.5. The summed E-state index contributed by atoms with van der Waals surface area (Å²) in [7, 11) is -9.12. The molecule has 0 spiro atoms. The van der Waals surface area contributed by atoms with Crippen LogP contribution in [-0.4, -0.2) is 23.4 Å². The van der Waals surface area contributed by atoms with Gasteiger partial charge in [-0.1, -0.05) is 6.92 Å². The molecule has 1 rings (SSSR count). The molecule has 0 aromatic heterocycles. The van der Waals surface area contributed by atoms with Crippen molar-refractivity contribution in [3.8, 4) is 0 Å². The van der Waals surface area contributed by atoms with E-state index >= 15 is 0 Å². The Balaban J connectivity index is 3.22. The smallest absolute Gasteiger partial charge is 0.211 e. The molecule has 102 valence electrons. The first-order valence-corrected chi connectivity index (χ1v) is 7.79. The van der Waals surface area contributed by atoms with Gasteiger partial charge in [-0.05, 0) is 24.6 Å². The highest BCUT2D eigenvalue weighted by Crippen LogP contribution is 2.20. The zero-order valence-corrected chi connectivity index (χ0v) is 11.0. The number of halogens is 2. The van der Waals surface area contributed by atoms with Crippen LogP contribution in [-0.2, 0) is 20.2 Å². The lowest BCUT2D eigenvalue weighted by Crippen LogP contribution is -2.25. The maximum Gasteiger partial charge on any atom is 0.332 e. The van der Waals surface area contributed by atoms with E-state index < -0.39 is 35.9 Å². The first kappa shape index (κ1) is 15.0. The van der Waals surface area contributed by atoms with Crippen molar-refractivity contribution in [1.29, 1.82) is 0 Å². The van der Waals surface area contributed by atoms with E-state index in [1.54, 1.807) is 6.92 Å². The second-order valence-electron chi connectivity index (χ2n) is 3.43. The molecule has 0 amide bonds. The first-order valence-electron chi connectivity index (χ1n) is 4.92. The minimum Gasteiger partial charge on any atom is -0.211 e. The third-order valence-electron chi connectivity index (χ3n) is 2.02. The van der Waals surface area contributed by atoms with Crippen LogP contribution in [0.2, 0.25) is 0 Å². The normalized spacial score (nSPS) is 12.6. The summed E-state index contributed by atoms with van der Waals surface area (Å²) in [5.74, 6) is -1.32. The molecule has 0 atom stereocenters. The summed E-state index contributed by atoms with van der Waals surface area (Å²) in [5.41, 5.74) is 0. The Morgan fingerprint density at radius 2 is 1.83 bits per heavy atom. The molecule has 0 aliphatic carbocycles. The van der Waals surface area contributed by atoms with Gasteiger partial charge < -0.3 is 0 Å². The molecule has 0 bridgehead atoms. The average molecular weight is 299 g/mol. The zero-order valence-electron chi connectivity index (χ0n) is 9.35. The van der Waals surface area contributed by atoms with Crippen molar-refractivity contribution in [3.63, 3.8) is 0 Å². The van der Waals surface area contributed by atoms with Crippen molar-refractivity contribution in [2.24, 2.45) is 0 Å². The van der Waals surface area contributed by atoms with E-state index in [0.717, 1.165) is 0 Å². The molecule has 1 aromatic rings. The second-order valence-corrected chi connectivity index (χ2v) is 6.51. The van der Waals surface area contributed by atoms with Crippen molar-refractivity contribution >= 4 is 20.2 Å². The lowest BCUT2D eigenvalue weighted by molar-refractivity contribution is 0.540.